The first-order valence-electron chi connectivity index (χ1n) is 10.8. The molecule has 1 heterocycles. The molecule has 0 saturated heterocycles. The van der Waals surface area contributed by atoms with Crippen molar-refractivity contribution in [2.24, 2.45) is 0 Å². The Balaban J connectivity index is 1.53. The number of amides is 3. The van der Waals surface area contributed by atoms with Crippen molar-refractivity contribution in [1.82, 2.24) is 0 Å². The molecule has 0 radical (unpaired) electrons. The number of nitrogens with one attached hydrogen (secondary N) is 2. The van der Waals surface area contributed by atoms with E-state index < -0.39 is 0 Å². The van der Waals surface area contributed by atoms with Crippen molar-refractivity contribution in [2.45, 2.75) is 23.5 Å². The summed E-state index contributed by atoms with van der Waals surface area (Å²) < 4.78 is 5.25. The van der Waals surface area contributed by atoms with Crippen LogP contribution < -0.4 is 20.3 Å². The zero-order chi connectivity index (χ0) is 24.1. The predicted octanol–water partition coefficient (Wildman–Crippen LogP) is 4.86. The van der Waals surface area contributed by atoms with Gasteiger partial charge in [-0.15, -0.1) is 11.8 Å². The first-order valence-corrected chi connectivity index (χ1v) is 11.7. The second-order valence-corrected chi connectivity index (χ2v) is 9.09. The molecule has 4 rings (SSSR count). The maximum atomic E-state index is 13.3. The molecule has 2 N–H and O–H groups in total. The first-order chi connectivity index (χ1) is 16.4. The minimum absolute atomic E-state index is 0.0815. The van der Waals surface area contributed by atoms with Crippen molar-refractivity contribution in [3.63, 3.8) is 0 Å². The number of hydrogen-bond acceptors (Lipinski definition) is 5. The lowest BCUT2D eigenvalue weighted by Gasteiger charge is -2.22. The lowest BCUT2D eigenvalue weighted by atomic mass is 10.1. The van der Waals surface area contributed by atoms with Crippen LogP contribution in [0.2, 0.25) is 0 Å². The van der Waals surface area contributed by atoms with E-state index in [0.717, 1.165) is 21.9 Å². The molecule has 0 spiro atoms. The minimum atomic E-state index is -0.323. The van der Waals surface area contributed by atoms with Crippen LogP contribution in [0.15, 0.2) is 77.7 Å². The molecule has 1 aliphatic rings. The van der Waals surface area contributed by atoms with Crippen molar-refractivity contribution in [3.8, 4) is 5.75 Å². The van der Waals surface area contributed by atoms with E-state index in [1.165, 1.54) is 6.92 Å². The molecule has 0 saturated carbocycles. The summed E-state index contributed by atoms with van der Waals surface area (Å²) in [5.41, 5.74) is 2.86. The average Bonchev–Trinajstić information content (AvgIpc) is 2.95. The summed E-state index contributed by atoms with van der Waals surface area (Å²) in [4.78, 5) is 40.0. The minimum Gasteiger partial charge on any atom is -0.497 e. The molecule has 8 heteroatoms. The first kappa shape index (κ1) is 23.4. The summed E-state index contributed by atoms with van der Waals surface area (Å²) in [5, 5.41) is 5.43. The highest BCUT2D eigenvalue weighted by Gasteiger charge is 2.30. The lowest BCUT2D eigenvalue weighted by molar-refractivity contribution is -0.121. The zero-order valence-corrected chi connectivity index (χ0v) is 19.7. The Bertz CT molecular complexity index is 1210. The molecule has 174 valence electrons. The van der Waals surface area contributed by atoms with Crippen LogP contribution in [-0.4, -0.2) is 31.4 Å². The SMILES string of the molecule is COc1ccc([C@H]2CC(=O)N(CC(=O)Nc3cccc(NC(C)=O)c3)c3ccccc3S2)cc1. The number of rotatable bonds is 6. The van der Waals surface area contributed by atoms with Crippen molar-refractivity contribution in [3.05, 3.63) is 78.4 Å². The molecular formula is C26H25N3O4S. The van der Waals surface area contributed by atoms with E-state index >= 15 is 0 Å². The lowest BCUT2D eigenvalue weighted by Crippen LogP contribution is -2.38. The number of methoxy groups -OCH3 is 1. The van der Waals surface area contributed by atoms with Crippen LogP contribution in [0.5, 0.6) is 5.75 Å². The molecular weight excluding hydrogens is 450 g/mol. The highest BCUT2D eigenvalue weighted by Crippen LogP contribution is 2.45. The van der Waals surface area contributed by atoms with Crippen molar-refractivity contribution < 1.29 is 19.1 Å². The van der Waals surface area contributed by atoms with Crippen molar-refractivity contribution in [2.75, 3.05) is 29.2 Å². The Hall–Kier alpha value is -3.78. The summed E-state index contributed by atoms with van der Waals surface area (Å²) >= 11 is 1.62. The molecule has 0 fully saturated rings. The molecule has 3 aromatic rings. The van der Waals surface area contributed by atoms with Gasteiger partial charge in [0.1, 0.15) is 12.3 Å². The van der Waals surface area contributed by atoms with Crippen LogP contribution in [0.25, 0.3) is 0 Å². The van der Waals surface area contributed by atoms with Gasteiger partial charge in [0.25, 0.3) is 0 Å². The van der Waals surface area contributed by atoms with E-state index in [1.54, 1.807) is 48.0 Å². The summed E-state index contributed by atoms with van der Waals surface area (Å²) in [6, 6.07) is 22.2. The number of thioether (sulfide) groups is 1. The van der Waals surface area contributed by atoms with E-state index in [4.69, 9.17) is 4.74 Å². The summed E-state index contributed by atoms with van der Waals surface area (Å²) in [5.74, 6) is 0.116. The maximum absolute atomic E-state index is 13.3. The molecule has 0 unspecified atom stereocenters. The quantitative estimate of drug-likeness (QED) is 0.532. The second kappa shape index (κ2) is 10.4. The number of para-hydroxylation sites is 1. The van der Waals surface area contributed by atoms with Gasteiger partial charge in [0, 0.05) is 34.9 Å². The topological polar surface area (TPSA) is 87.7 Å². The van der Waals surface area contributed by atoms with Crippen LogP contribution in [0.4, 0.5) is 17.1 Å². The predicted molar refractivity (Wildman–Crippen MR) is 134 cm³/mol. The zero-order valence-electron chi connectivity index (χ0n) is 18.9. The van der Waals surface area contributed by atoms with Gasteiger partial charge in [-0.25, -0.2) is 0 Å². The Kier molecular flexibility index (Phi) is 7.18. The molecule has 3 aromatic carbocycles. The molecule has 3 amide bonds. The third-order valence-corrected chi connectivity index (χ3v) is 6.66. The highest BCUT2D eigenvalue weighted by molar-refractivity contribution is 7.99. The normalized spacial score (nSPS) is 15.2. The number of fused-ring (bicyclic) bond motifs is 1. The monoisotopic (exact) mass is 475 g/mol. The molecule has 1 atom stereocenters. The summed E-state index contributed by atoms with van der Waals surface area (Å²) in [6.45, 7) is 1.31. The number of hydrogen-bond donors (Lipinski definition) is 2. The van der Waals surface area contributed by atoms with Gasteiger partial charge < -0.3 is 20.3 Å². The molecule has 1 aliphatic heterocycles. The molecule has 34 heavy (non-hydrogen) atoms. The molecule has 0 bridgehead atoms. The summed E-state index contributed by atoms with van der Waals surface area (Å²) in [6.07, 6.45) is 0.261. The van der Waals surface area contributed by atoms with Crippen LogP contribution in [0.1, 0.15) is 24.2 Å². The molecule has 7 nitrogen and oxygen atoms in total. The number of carbonyl (C=O) groups is 3. The van der Waals surface area contributed by atoms with Crippen molar-refractivity contribution >= 4 is 46.5 Å². The highest BCUT2D eigenvalue weighted by atomic mass is 32.2. The van der Waals surface area contributed by atoms with Gasteiger partial charge in [-0.2, -0.15) is 0 Å². The number of anilines is 3. The van der Waals surface area contributed by atoms with Gasteiger partial charge in [0.05, 0.1) is 12.8 Å². The fraction of sp³-hybridized carbons (Fsp3) is 0.192. The average molecular weight is 476 g/mol. The molecule has 0 aromatic heterocycles. The van der Waals surface area contributed by atoms with Gasteiger partial charge in [-0.3, -0.25) is 14.4 Å². The van der Waals surface area contributed by atoms with Crippen LogP contribution in [-0.2, 0) is 14.4 Å². The Labute approximate surface area is 202 Å². The number of carbonyl (C=O) groups excluding carboxylic acids is 3. The van der Waals surface area contributed by atoms with E-state index in [9.17, 15) is 14.4 Å². The van der Waals surface area contributed by atoms with Gasteiger partial charge >= 0.3 is 0 Å². The van der Waals surface area contributed by atoms with Gasteiger partial charge in [0.15, 0.2) is 0 Å². The number of benzene rings is 3. The van der Waals surface area contributed by atoms with E-state index in [-0.39, 0.29) is 35.9 Å². The van der Waals surface area contributed by atoms with E-state index in [1.807, 2.05) is 48.5 Å². The number of nitrogens with zero attached hydrogens (tertiary/aromatic N) is 1. The smallest absolute Gasteiger partial charge is 0.244 e. The van der Waals surface area contributed by atoms with Crippen LogP contribution >= 0.6 is 11.8 Å². The van der Waals surface area contributed by atoms with Crippen molar-refractivity contribution in [1.29, 1.82) is 0 Å². The van der Waals surface area contributed by atoms with Crippen LogP contribution in [0, 0.1) is 0 Å². The third-order valence-electron chi connectivity index (χ3n) is 5.34. The second-order valence-electron chi connectivity index (χ2n) is 7.84. The van der Waals surface area contributed by atoms with Crippen LogP contribution in [0.3, 0.4) is 0 Å². The largest absolute Gasteiger partial charge is 0.497 e. The Morgan fingerprint density at radius 2 is 1.71 bits per heavy atom. The van der Waals surface area contributed by atoms with Gasteiger partial charge in [-0.05, 0) is 48.0 Å². The Morgan fingerprint density at radius 1 is 1.00 bits per heavy atom. The Morgan fingerprint density at radius 3 is 2.41 bits per heavy atom. The fourth-order valence-corrected chi connectivity index (χ4v) is 5.06. The fourth-order valence-electron chi connectivity index (χ4n) is 3.78. The maximum Gasteiger partial charge on any atom is 0.244 e. The van der Waals surface area contributed by atoms with Gasteiger partial charge in [-0.1, -0.05) is 30.3 Å². The standard InChI is InChI=1S/C26H25N3O4S/c1-17(30)27-19-6-5-7-20(14-19)28-25(31)16-29-22-8-3-4-9-23(22)34-24(15-26(29)32)18-10-12-21(33-2)13-11-18/h3-14,24H,15-16H2,1-2H3,(H,27,30)(H,28,31)/t24-/m1/s1. The number of ether oxygens (including phenoxy) is 1. The summed E-state index contributed by atoms with van der Waals surface area (Å²) in [7, 11) is 1.62. The molecule has 0 aliphatic carbocycles. The third kappa shape index (κ3) is 5.58. The van der Waals surface area contributed by atoms with Gasteiger partial charge in [0.2, 0.25) is 17.7 Å². The van der Waals surface area contributed by atoms with E-state index in [0.29, 0.717) is 11.4 Å². The van der Waals surface area contributed by atoms with E-state index in [2.05, 4.69) is 10.6 Å².